The normalized spacial score (nSPS) is 18.2. The van der Waals surface area contributed by atoms with Gasteiger partial charge in [0.2, 0.25) is 0 Å². The van der Waals surface area contributed by atoms with E-state index in [1.54, 1.807) is 0 Å². The Labute approximate surface area is 103 Å². The van der Waals surface area contributed by atoms with Crippen LogP contribution < -0.4 is 10.5 Å². The maximum Gasteiger partial charge on any atom is 0.119 e. The third-order valence-electron chi connectivity index (χ3n) is 3.46. The molecule has 3 heteroatoms. The highest BCUT2D eigenvalue weighted by molar-refractivity contribution is 5.30. The van der Waals surface area contributed by atoms with E-state index in [2.05, 4.69) is 0 Å². The minimum Gasteiger partial charge on any atom is -0.490 e. The van der Waals surface area contributed by atoms with E-state index in [1.807, 2.05) is 24.3 Å². The Morgan fingerprint density at radius 2 is 1.88 bits per heavy atom. The Morgan fingerprint density at radius 3 is 2.41 bits per heavy atom. The maximum atomic E-state index is 9.17. The van der Waals surface area contributed by atoms with Gasteiger partial charge in [0.05, 0.1) is 12.7 Å². The van der Waals surface area contributed by atoms with Crippen LogP contribution >= 0.6 is 0 Å². The number of aliphatic hydroxyl groups is 1. The molecule has 0 radical (unpaired) electrons. The van der Waals surface area contributed by atoms with Gasteiger partial charge in [0.15, 0.2) is 0 Å². The van der Waals surface area contributed by atoms with Gasteiger partial charge in [0, 0.05) is 12.5 Å². The summed E-state index contributed by atoms with van der Waals surface area (Å²) >= 11 is 0. The van der Waals surface area contributed by atoms with Crippen molar-refractivity contribution < 1.29 is 9.84 Å². The molecule has 0 saturated heterocycles. The minimum atomic E-state index is 0.0375. The van der Waals surface area contributed by atoms with Crippen molar-refractivity contribution in [2.45, 2.75) is 37.7 Å². The van der Waals surface area contributed by atoms with Gasteiger partial charge in [-0.2, -0.15) is 0 Å². The molecule has 2 rings (SSSR count). The van der Waals surface area contributed by atoms with Gasteiger partial charge in [-0.3, -0.25) is 0 Å². The molecule has 1 saturated carbocycles. The summed E-state index contributed by atoms with van der Waals surface area (Å²) in [5, 5.41) is 9.17. The molecule has 1 aromatic rings. The molecule has 1 aromatic carbocycles. The third-order valence-corrected chi connectivity index (χ3v) is 3.46. The van der Waals surface area contributed by atoms with Crippen LogP contribution in [0.1, 0.15) is 37.2 Å². The molecule has 0 aromatic heterocycles. The van der Waals surface area contributed by atoms with Crippen molar-refractivity contribution >= 4 is 0 Å². The predicted molar refractivity (Wildman–Crippen MR) is 68.2 cm³/mol. The lowest BCUT2D eigenvalue weighted by Gasteiger charge is -2.15. The zero-order valence-corrected chi connectivity index (χ0v) is 10.1. The Kier molecular flexibility index (Phi) is 4.40. The molecule has 0 spiro atoms. The molecule has 0 heterocycles. The van der Waals surface area contributed by atoms with Crippen LogP contribution in [0.5, 0.6) is 5.75 Å². The molecule has 1 atom stereocenters. The molecule has 1 aliphatic rings. The first kappa shape index (κ1) is 12.4. The van der Waals surface area contributed by atoms with Crippen LogP contribution in [0.4, 0.5) is 0 Å². The van der Waals surface area contributed by atoms with E-state index >= 15 is 0 Å². The summed E-state index contributed by atoms with van der Waals surface area (Å²) in [4.78, 5) is 0. The largest absolute Gasteiger partial charge is 0.490 e. The lowest BCUT2D eigenvalue weighted by Crippen LogP contribution is -2.16. The van der Waals surface area contributed by atoms with Crippen LogP contribution in [0.3, 0.4) is 0 Å². The molecule has 3 nitrogen and oxygen atoms in total. The molecule has 1 unspecified atom stereocenters. The van der Waals surface area contributed by atoms with E-state index in [9.17, 15) is 0 Å². The minimum absolute atomic E-state index is 0.0375. The van der Waals surface area contributed by atoms with Gasteiger partial charge in [-0.1, -0.05) is 12.1 Å². The van der Waals surface area contributed by atoms with Crippen molar-refractivity contribution in [3.8, 4) is 5.75 Å². The monoisotopic (exact) mass is 235 g/mol. The first-order valence-corrected chi connectivity index (χ1v) is 6.41. The summed E-state index contributed by atoms with van der Waals surface area (Å²) < 4.78 is 5.88. The quantitative estimate of drug-likeness (QED) is 0.821. The van der Waals surface area contributed by atoms with E-state index in [0.29, 0.717) is 12.6 Å². The van der Waals surface area contributed by atoms with Crippen molar-refractivity contribution in [2.75, 3.05) is 13.2 Å². The molecule has 94 valence electrons. The highest BCUT2D eigenvalue weighted by atomic mass is 16.5. The topological polar surface area (TPSA) is 55.5 Å². The third kappa shape index (κ3) is 3.20. The smallest absolute Gasteiger partial charge is 0.119 e. The van der Waals surface area contributed by atoms with E-state index in [1.165, 1.54) is 25.7 Å². The number of aliphatic hydroxyl groups excluding tert-OH is 1. The number of benzene rings is 1. The van der Waals surface area contributed by atoms with Crippen molar-refractivity contribution in [1.82, 2.24) is 0 Å². The number of hydrogen-bond donors (Lipinski definition) is 2. The van der Waals surface area contributed by atoms with Crippen LogP contribution in [-0.2, 0) is 0 Å². The number of ether oxygens (including phenoxy) is 1. The van der Waals surface area contributed by atoms with Gasteiger partial charge in [0.1, 0.15) is 5.75 Å². The highest BCUT2D eigenvalue weighted by Gasteiger charge is 2.16. The molecule has 0 amide bonds. The lowest BCUT2D eigenvalue weighted by atomic mass is 10.0. The summed E-state index contributed by atoms with van der Waals surface area (Å²) in [7, 11) is 0. The van der Waals surface area contributed by atoms with Gasteiger partial charge < -0.3 is 15.6 Å². The fraction of sp³-hybridized carbons (Fsp3) is 0.571. The summed E-state index contributed by atoms with van der Waals surface area (Å²) in [6.07, 6.45) is 5.29. The van der Waals surface area contributed by atoms with E-state index in [4.69, 9.17) is 15.6 Å². The molecule has 0 aliphatic heterocycles. The molecule has 3 N–H and O–H groups in total. The van der Waals surface area contributed by atoms with E-state index in [0.717, 1.165) is 11.3 Å². The lowest BCUT2D eigenvalue weighted by molar-refractivity contribution is 0.210. The zero-order chi connectivity index (χ0) is 12.1. The van der Waals surface area contributed by atoms with Gasteiger partial charge in [0.25, 0.3) is 0 Å². The summed E-state index contributed by atoms with van der Waals surface area (Å²) in [6, 6.07) is 7.95. The second-order valence-electron chi connectivity index (χ2n) is 4.71. The number of rotatable bonds is 5. The molecular weight excluding hydrogens is 214 g/mol. The number of hydrogen-bond acceptors (Lipinski definition) is 3. The Hall–Kier alpha value is -1.06. The molecular formula is C14H21NO2. The van der Waals surface area contributed by atoms with Gasteiger partial charge in [-0.25, -0.2) is 0 Å². The second-order valence-corrected chi connectivity index (χ2v) is 4.71. The maximum absolute atomic E-state index is 9.17. The summed E-state index contributed by atoms with van der Waals surface area (Å²) in [5.74, 6) is 0.963. The van der Waals surface area contributed by atoms with Crippen LogP contribution in [-0.4, -0.2) is 24.4 Å². The van der Waals surface area contributed by atoms with Crippen molar-refractivity contribution in [2.24, 2.45) is 5.73 Å². The SMILES string of the molecule is NCC(CO)c1ccc(OC2CCCC2)cc1. The molecule has 17 heavy (non-hydrogen) atoms. The Balaban J connectivity index is 1.96. The molecule has 1 fully saturated rings. The fourth-order valence-electron chi connectivity index (χ4n) is 2.33. The second kappa shape index (κ2) is 6.03. The van der Waals surface area contributed by atoms with Gasteiger partial charge in [-0.15, -0.1) is 0 Å². The Bertz CT molecular complexity index is 327. The standard InChI is InChI=1S/C14H21NO2/c15-9-12(10-16)11-5-7-14(8-6-11)17-13-3-1-2-4-13/h5-8,12-13,16H,1-4,9-10,15H2. The fourth-order valence-corrected chi connectivity index (χ4v) is 2.33. The molecule has 1 aliphatic carbocycles. The summed E-state index contributed by atoms with van der Waals surface area (Å²) in [6.45, 7) is 0.568. The van der Waals surface area contributed by atoms with Gasteiger partial charge in [-0.05, 0) is 43.4 Å². The first-order valence-electron chi connectivity index (χ1n) is 6.41. The van der Waals surface area contributed by atoms with Crippen LogP contribution in [0, 0.1) is 0 Å². The predicted octanol–water partition coefficient (Wildman–Crippen LogP) is 2.04. The Morgan fingerprint density at radius 1 is 1.24 bits per heavy atom. The first-order chi connectivity index (χ1) is 8.33. The van der Waals surface area contributed by atoms with Crippen molar-refractivity contribution in [3.63, 3.8) is 0 Å². The van der Waals surface area contributed by atoms with E-state index in [-0.39, 0.29) is 12.5 Å². The van der Waals surface area contributed by atoms with Crippen LogP contribution in [0.2, 0.25) is 0 Å². The van der Waals surface area contributed by atoms with Crippen molar-refractivity contribution in [1.29, 1.82) is 0 Å². The zero-order valence-electron chi connectivity index (χ0n) is 10.1. The van der Waals surface area contributed by atoms with Gasteiger partial charge >= 0.3 is 0 Å². The average molecular weight is 235 g/mol. The number of nitrogens with two attached hydrogens (primary N) is 1. The highest BCUT2D eigenvalue weighted by Crippen LogP contribution is 2.25. The van der Waals surface area contributed by atoms with Crippen LogP contribution in [0.15, 0.2) is 24.3 Å². The van der Waals surface area contributed by atoms with Crippen molar-refractivity contribution in [3.05, 3.63) is 29.8 Å². The van der Waals surface area contributed by atoms with Crippen LogP contribution in [0.25, 0.3) is 0 Å². The summed E-state index contributed by atoms with van der Waals surface area (Å²) in [5.41, 5.74) is 6.67. The van der Waals surface area contributed by atoms with E-state index < -0.39 is 0 Å². The molecule has 0 bridgehead atoms. The average Bonchev–Trinajstić information content (AvgIpc) is 2.86.